The quantitative estimate of drug-likeness (QED) is 0.457. The number of nitrogens with one attached hydrogen (secondary N) is 1. The van der Waals surface area contributed by atoms with Gasteiger partial charge in [-0.1, -0.05) is 35.9 Å². The number of urea groups is 1. The molecular formula is C19H15ClN2O5S. The van der Waals surface area contributed by atoms with E-state index in [1.807, 2.05) is 24.3 Å². The number of carbonyl (C=O) groups is 4. The summed E-state index contributed by atoms with van der Waals surface area (Å²) in [5.74, 6) is -1.71. The molecule has 2 aliphatic rings. The van der Waals surface area contributed by atoms with Crippen LogP contribution in [0.25, 0.3) is 0 Å². The van der Waals surface area contributed by atoms with E-state index in [0.29, 0.717) is 22.1 Å². The van der Waals surface area contributed by atoms with Gasteiger partial charge in [-0.05, 0) is 36.1 Å². The van der Waals surface area contributed by atoms with Crippen molar-refractivity contribution in [2.45, 2.75) is 18.4 Å². The normalized spacial score (nSPS) is 20.4. The summed E-state index contributed by atoms with van der Waals surface area (Å²) >= 11 is 6.86. The number of carbonyl (C=O) groups excluding carboxylic acids is 4. The lowest BCUT2D eigenvalue weighted by Crippen LogP contribution is -2.42. The summed E-state index contributed by atoms with van der Waals surface area (Å²) in [4.78, 5) is 50.6. The molecule has 144 valence electrons. The third kappa shape index (κ3) is 3.08. The number of fused-ring (bicyclic) bond motifs is 2. The maximum absolute atomic E-state index is 13.0. The molecular weight excluding hydrogens is 404 g/mol. The molecule has 2 aromatic rings. The molecule has 1 unspecified atom stereocenters. The number of rotatable bonds is 5. The lowest BCUT2D eigenvalue weighted by molar-refractivity contribution is -0.146. The molecule has 1 aliphatic carbocycles. The van der Waals surface area contributed by atoms with Crippen LogP contribution in [0.5, 0.6) is 0 Å². The monoisotopic (exact) mass is 418 g/mol. The van der Waals surface area contributed by atoms with Gasteiger partial charge >= 0.3 is 12.0 Å². The molecule has 0 radical (unpaired) electrons. The van der Waals surface area contributed by atoms with E-state index in [1.165, 1.54) is 0 Å². The molecule has 1 aromatic heterocycles. The van der Waals surface area contributed by atoms with Gasteiger partial charge in [-0.2, -0.15) is 0 Å². The Labute approximate surface area is 169 Å². The first-order valence-corrected chi connectivity index (χ1v) is 9.77. The Morgan fingerprint density at radius 1 is 1.21 bits per heavy atom. The number of halogens is 1. The number of ether oxygens (including phenoxy) is 1. The highest BCUT2D eigenvalue weighted by Crippen LogP contribution is 2.41. The lowest BCUT2D eigenvalue weighted by atomic mass is 9.92. The van der Waals surface area contributed by atoms with Crippen molar-refractivity contribution >= 4 is 46.6 Å². The number of nitrogens with zero attached hydrogens (tertiary/aromatic N) is 1. The minimum absolute atomic E-state index is 0.370. The number of amides is 3. The number of thiophene rings is 1. The van der Waals surface area contributed by atoms with Crippen molar-refractivity contribution in [3.8, 4) is 0 Å². The fourth-order valence-electron chi connectivity index (χ4n) is 3.59. The van der Waals surface area contributed by atoms with Crippen LogP contribution in [0.1, 0.15) is 27.2 Å². The van der Waals surface area contributed by atoms with Crippen LogP contribution < -0.4 is 5.32 Å². The first kappa shape index (κ1) is 18.6. The molecule has 1 aliphatic heterocycles. The predicted molar refractivity (Wildman–Crippen MR) is 101 cm³/mol. The molecule has 7 nitrogen and oxygen atoms in total. The van der Waals surface area contributed by atoms with Gasteiger partial charge < -0.3 is 10.1 Å². The second kappa shape index (κ2) is 7.03. The fraction of sp³-hybridized carbons (Fsp3) is 0.263. The number of aryl methyl sites for hydroxylation is 1. The zero-order valence-corrected chi connectivity index (χ0v) is 16.1. The number of hydrogen-bond acceptors (Lipinski definition) is 6. The number of hydrogen-bond donors (Lipinski definition) is 1. The number of esters is 1. The maximum Gasteiger partial charge on any atom is 0.326 e. The molecule has 1 fully saturated rings. The molecule has 1 aromatic carbocycles. The summed E-state index contributed by atoms with van der Waals surface area (Å²) in [5.41, 5.74) is 0.632. The first-order chi connectivity index (χ1) is 13.4. The van der Waals surface area contributed by atoms with Crippen LogP contribution in [0.3, 0.4) is 0 Å². The van der Waals surface area contributed by atoms with Crippen molar-refractivity contribution in [1.82, 2.24) is 10.2 Å². The molecule has 1 saturated heterocycles. The summed E-state index contributed by atoms with van der Waals surface area (Å²) in [6.07, 6.45) is 1.11. The van der Waals surface area contributed by atoms with E-state index in [1.54, 1.807) is 12.1 Å². The first-order valence-electron chi connectivity index (χ1n) is 8.57. The SMILES string of the molecule is O=C(CN1C(=O)NC2(CCc3ccccc32)C1=O)OCC(=O)c1ccc(Cl)s1. The Morgan fingerprint density at radius 3 is 2.75 bits per heavy atom. The Kier molecular flexibility index (Phi) is 4.68. The van der Waals surface area contributed by atoms with Crippen LogP contribution in [0.15, 0.2) is 36.4 Å². The molecule has 1 atom stereocenters. The molecule has 2 heterocycles. The van der Waals surface area contributed by atoms with E-state index < -0.39 is 42.4 Å². The average Bonchev–Trinajstić information content (AvgIpc) is 3.34. The Hall–Kier alpha value is -2.71. The van der Waals surface area contributed by atoms with Crippen molar-refractivity contribution in [2.24, 2.45) is 0 Å². The minimum atomic E-state index is -1.13. The highest BCUT2D eigenvalue weighted by Gasteiger charge is 2.55. The van der Waals surface area contributed by atoms with Crippen LogP contribution in [-0.4, -0.2) is 41.7 Å². The molecule has 4 rings (SSSR count). The Balaban J connectivity index is 1.41. The van der Waals surface area contributed by atoms with Crippen LogP contribution >= 0.6 is 22.9 Å². The fourth-order valence-corrected chi connectivity index (χ4v) is 4.56. The second-order valence-corrected chi connectivity index (χ2v) is 8.29. The van der Waals surface area contributed by atoms with E-state index in [-0.39, 0.29) is 0 Å². The van der Waals surface area contributed by atoms with Gasteiger partial charge in [-0.15, -0.1) is 11.3 Å². The third-order valence-electron chi connectivity index (χ3n) is 4.92. The molecule has 1 spiro atoms. The van der Waals surface area contributed by atoms with Gasteiger partial charge in [0, 0.05) is 0 Å². The van der Waals surface area contributed by atoms with Crippen molar-refractivity contribution in [2.75, 3.05) is 13.2 Å². The van der Waals surface area contributed by atoms with Crippen molar-refractivity contribution in [3.05, 3.63) is 56.7 Å². The minimum Gasteiger partial charge on any atom is -0.456 e. The highest BCUT2D eigenvalue weighted by molar-refractivity contribution is 7.18. The Morgan fingerprint density at radius 2 is 2.00 bits per heavy atom. The van der Waals surface area contributed by atoms with E-state index in [0.717, 1.165) is 27.4 Å². The Bertz CT molecular complexity index is 1000. The number of benzene rings is 1. The smallest absolute Gasteiger partial charge is 0.326 e. The van der Waals surface area contributed by atoms with Gasteiger partial charge in [0.15, 0.2) is 6.61 Å². The number of Topliss-reactive ketones (excluding diaryl/α,β-unsaturated/α-hetero) is 1. The van der Waals surface area contributed by atoms with Crippen LogP contribution in [0, 0.1) is 0 Å². The molecule has 3 amide bonds. The van der Waals surface area contributed by atoms with Crippen molar-refractivity contribution in [3.63, 3.8) is 0 Å². The zero-order valence-electron chi connectivity index (χ0n) is 14.6. The zero-order chi connectivity index (χ0) is 19.9. The van der Waals surface area contributed by atoms with Gasteiger partial charge in [0.2, 0.25) is 5.78 Å². The van der Waals surface area contributed by atoms with Crippen molar-refractivity contribution < 1.29 is 23.9 Å². The molecule has 28 heavy (non-hydrogen) atoms. The molecule has 0 saturated carbocycles. The number of imide groups is 1. The standard InChI is InChI=1S/C19H15ClN2O5S/c20-15-6-5-14(28-15)13(23)10-27-16(24)9-22-17(25)19(21-18(22)26)8-7-11-3-1-2-4-12(11)19/h1-6H,7-10H2,(H,21,26). The van der Waals surface area contributed by atoms with E-state index in [9.17, 15) is 19.2 Å². The summed E-state index contributed by atoms with van der Waals surface area (Å²) in [6.45, 7) is -1.03. The van der Waals surface area contributed by atoms with Gasteiger partial charge in [0.25, 0.3) is 5.91 Å². The molecule has 1 N–H and O–H groups in total. The summed E-state index contributed by atoms with van der Waals surface area (Å²) in [7, 11) is 0. The predicted octanol–water partition coefficient (Wildman–Crippen LogP) is 2.52. The third-order valence-corrected chi connectivity index (χ3v) is 6.19. The van der Waals surface area contributed by atoms with Crippen LogP contribution in [-0.2, 0) is 26.3 Å². The average molecular weight is 419 g/mol. The van der Waals surface area contributed by atoms with Gasteiger partial charge in [-0.25, -0.2) is 4.79 Å². The van der Waals surface area contributed by atoms with Crippen LogP contribution in [0.2, 0.25) is 4.34 Å². The molecule has 0 bridgehead atoms. The van der Waals surface area contributed by atoms with E-state index in [2.05, 4.69) is 5.32 Å². The molecule has 9 heteroatoms. The second-order valence-electron chi connectivity index (χ2n) is 6.57. The van der Waals surface area contributed by atoms with E-state index in [4.69, 9.17) is 16.3 Å². The van der Waals surface area contributed by atoms with Crippen LogP contribution in [0.4, 0.5) is 4.79 Å². The summed E-state index contributed by atoms with van der Waals surface area (Å²) < 4.78 is 5.40. The highest BCUT2D eigenvalue weighted by atomic mass is 35.5. The van der Waals surface area contributed by atoms with Crippen molar-refractivity contribution in [1.29, 1.82) is 0 Å². The van der Waals surface area contributed by atoms with Gasteiger partial charge in [0.05, 0.1) is 9.21 Å². The largest absolute Gasteiger partial charge is 0.456 e. The maximum atomic E-state index is 13.0. The van der Waals surface area contributed by atoms with Gasteiger partial charge in [-0.3, -0.25) is 19.3 Å². The van der Waals surface area contributed by atoms with E-state index >= 15 is 0 Å². The van der Waals surface area contributed by atoms with Gasteiger partial charge in [0.1, 0.15) is 12.1 Å². The number of ketones is 1. The topological polar surface area (TPSA) is 92.8 Å². The lowest BCUT2D eigenvalue weighted by Gasteiger charge is -2.22. The summed E-state index contributed by atoms with van der Waals surface area (Å²) in [6, 6.07) is 9.90. The summed E-state index contributed by atoms with van der Waals surface area (Å²) in [5, 5.41) is 2.73.